The normalized spacial score (nSPS) is 12.3. The Hall–Kier alpha value is -3.70. The Kier molecular flexibility index (Phi) is 4.88. The molecule has 0 saturated carbocycles. The molecule has 1 aliphatic rings. The SMILES string of the molecule is CCc1cc(SCC(=O)Nc2ccc3c(c2)OCO3)n2c(nc3ccccc32)c1C#N. The maximum atomic E-state index is 12.6. The largest absolute Gasteiger partial charge is 0.454 e. The summed E-state index contributed by atoms with van der Waals surface area (Å²) in [6, 6.07) is 17.4. The number of imidazole rings is 1. The van der Waals surface area contributed by atoms with Gasteiger partial charge in [-0.2, -0.15) is 5.26 Å². The van der Waals surface area contributed by atoms with E-state index in [1.807, 2.05) is 41.7 Å². The van der Waals surface area contributed by atoms with Crippen LogP contribution in [0.2, 0.25) is 0 Å². The van der Waals surface area contributed by atoms with E-state index in [4.69, 9.17) is 9.47 Å². The first-order chi connectivity index (χ1) is 15.2. The number of nitriles is 1. The molecule has 3 heterocycles. The van der Waals surface area contributed by atoms with Crippen LogP contribution in [0.3, 0.4) is 0 Å². The van der Waals surface area contributed by atoms with E-state index in [0.29, 0.717) is 34.8 Å². The molecule has 2 aromatic heterocycles. The van der Waals surface area contributed by atoms with Crippen LogP contribution in [-0.4, -0.2) is 27.8 Å². The topological polar surface area (TPSA) is 88.7 Å². The molecule has 7 nitrogen and oxygen atoms in total. The quantitative estimate of drug-likeness (QED) is 0.473. The first-order valence-corrected chi connectivity index (χ1v) is 10.8. The third-order valence-corrected chi connectivity index (χ3v) is 6.13. The molecule has 0 aliphatic carbocycles. The van der Waals surface area contributed by atoms with Crippen LogP contribution in [-0.2, 0) is 11.2 Å². The van der Waals surface area contributed by atoms with Gasteiger partial charge in [-0.05, 0) is 42.3 Å². The summed E-state index contributed by atoms with van der Waals surface area (Å²) < 4.78 is 12.6. The first kappa shape index (κ1) is 19.3. The van der Waals surface area contributed by atoms with E-state index in [2.05, 4.69) is 16.4 Å². The van der Waals surface area contributed by atoms with Crippen molar-refractivity contribution < 1.29 is 14.3 Å². The van der Waals surface area contributed by atoms with E-state index in [-0.39, 0.29) is 18.5 Å². The number of benzene rings is 2. The number of amides is 1. The fourth-order valence-electron chi connectivity index (χ4n) is 3.66. The Balaban J connectivity index is 1.44. The zero-order valence-electron chi connectivity index (χ0n) is 16.7. The number of anilines is 1. The highest BCUT2D eigenvalue weighted by atomic mass is 32.2. The minimum atomic E-state index is -0.135. The highest BCUT2D eigenvalue weighted by Gasteiger charge is 2.18. The van der Waals surface area contributed by atoms with Gasteiger partial charge in [0.1, 0.15) is 6.07 Å². The lowest BCUT2D eigenvalue weighted by molar-refractivity contribution is -0.113. The summed E-state index contributed by atoms with van der Waals surface area (Å²) in [6.45, 7) is 2.20. The van der Waals surface area contributed by atoms with Gasteiger partial charge in [0.25, 0.3) is 0 Å². The van der Waals surface area contributed by atoms with E-state index in [9.17, 15) is 10.1 Å². The summed E-state index contributed by atoms with van der Waals surface area (Å²) in [7, 11) is 0. The second kappa shape index (κ2) is 7.85. The molecule has 8 heteroatoms. The van der Waals surface area contributed by atoms with Crippen molar-refractivity contribution in [1.82, 2.24) is 9.38 Å². The fraction of sp³-hybridized carbons (Fsp3) is 0.174. The van der Waals surface area contributed by atoms with Gasteiger partial charge in [-0.3, -0.25) is 9.20 Å². The Morgan fingerprint density at radius 1 is 1.23 bits per heavy atom. The van der Waals surface area contributed by atoms with Gasteiger partial charge in [0, 0.05) is 11.8 Å². The van der Waals surface area contributed by atoms with E-state index in [1.54, 1.807) is 18.2 Å². The molecule has 1 aliphatic heterocycles. The molecule has 0 radical (unpaired) electrons. The number of carbonyl (C=O) groups is 1. The zero-order valence-corrected chi connectivity index (χ0v) is 17.5. The van der Waals surface area contributed by atoms with Crippen molar-refractivity contribution in [3.63, 3.8) is 0 Å². The first-order valence-electron chi connectivity index (χ1n) is 9.83. The molecule has 31 heavy (non-hydrogen) atoms. The number of ether oxygens (including phenoxy) is 2. The molecular weight excluding hydrogens is 412 g/mol. The summed E-state index contributed by atoms with van der Waals surface area (Å²) in [6.07, 6.45) is 0.708. The minimum absolute atomic E-state index is 0.135. The monoisotopic (exact) mass is 430 g/mol. The van der Waals surface area contributed by atoms with Gasteiger partial charge in [-0.1, -0.05) is 30.8 Å². The molecule has 0 atom stereocenters. The molecule has 0 bridgehead atoms. The Labute approximate surface area is 182 Å². The van der Waals surface area contributed by atoms with Gasteiger partial charge in [0.2, 0.25) is 12.7 Å². The second-order valence-corrected chi connectivity index (χ2v) is 8.01. The second-order valence-electron chi connectivity index (χ2n) is 7.01. The summed E-state index contributed by atoms with van der Waals surface area (Å²) in [5.74, 6) is 1.37. The smallest absolute Gasteiger partial charge is 0.234 e. The van der Waals surface area contributed by atoms with Crippen LogP contribution in [0.5, 0.6) is 11.5 Å². The summed E-state index contributed by atoms with van der Waals surface area (Å²) in [5, 5.41) is 13.5. The zero-order chi connectivity index (χ0) is 21.4. The van der Waals surface area contributed by atoms with Crippen molar-refractivity contribution in [1.29, 1.82) is 5.26 Å². The number of aryl methyl sites for hydroxylation is 1. The molecule has 2 aromatic carbocycles. The number of hydrogen-bond donors (Lipinski definition) is 1. The van der Waals surface area contributed by atoms with E-state index < -0.39 is 0 Å². The van der Waals surface area contributed by atoms with Crippen molar-refractivity contribution in [3.8, 4) is 17.6 Å². The van der Waals surface area contributed by atoms with E-state index >= 15 is 0 Å². The molecule has 0 fully saturated rings. The van der Waals surface area contributed by atoms with Gasteiger partial charge >= 0.3 is 0 Å². The molecular formula is C23H18N4O3S. The molecule has 0 saturated heterocycles. The number of pyridine rings is 1. The van der Waals surface area contributed by atoms with Gasteiger partial charge in [-0.15, -0.1) is 0 Å². The number of aromatic nitrogens is 2. The van der Waals surface area contributed by atoms with Crippen LogP contribution < -0.4 is 14.8 Å². The maximum Gasteiger partial charge on any atom is 0.234 e. The molecule has 0 unspecified atom stereocenters. The maximum absolute atomic E-state index is 12.6. The highest BCUT2D eigenvalue weighted by molar-refractivity contribution is 7.99. The van der Waals surface area contributed by atoms with Gasteiger partial charge in [-0.25, -0.2) is 4.98 Å². The van der Waals surface area contributed by atoms with Crippen LogP contribution in [0.1, 0.15) is 18.1 Å². The summed E-state index contributed by atoms with van der Waals surface area (Å²) in [4.78, 5) is 17.3. The van der Waals surface area contributed by atoms with Crippen molar-refractivity contribution in [2.24, 2.45) is 0 Å². The van der Waals surface area contributed by atoms with Crippen molar-refractivity contribution in [3.05, 3.63) is 59.7 Å². The molecule has 154 valence electrons. The highest BCUT2D eigenvalue weighted by Crippen LogP contribution is 2.34. The average molecular weight is 430 g/mol. The molecule has 5 rings (SSSR count). The number of para-hydroxylation sites is 2. The number of hydrogen-bond acceptors (Lipinski definition) is 6. The Bertz CT molecular complexity index is 1370. The standard InChI is InChI=1S/C23H18N4O3S/c1-2-14-9-22(27-18-6-4-3-5-17(18)26-23(27)16(14)11-24)31-12-21(28)25-15-7-8-19-20(10-15)30-13-29-19/h3-10H,2,12-13H2,1H3,(H,25,28). The predicted molar refractivity (Wildman–Crippen MR) is 119 cm³/mol. The third kappa shape index (κ3) is 3.43. The Morgan fingerprint density at radius 3 is 2.90 bits per heavy atom. The van der Waals surface area contributed by atoms with Crippen LogP contribution in [0.15, 0.2) is 53.6 Å². The number of nitrogens with one attached hydrogen (secondary N) is 1. The van der Waals surface area contributed by atoms with Gasteiger partial charge in [0.05, 0.1) is 27.4 Å². The molecule has 1 N–H and O–H groups in total. The number of carbonyl (C=O) groups excluding carboxylic acids is 1. The lowest BCUT2D eigenvalue weighted by atomic mass is 10.1. The number of nitrogens with zero attached hydrogens (tertiary/aromatic N) is 3. The van der Waals surface area contributed by atoms with Crippen LogP contribution in [0, 0.1) is 11.3 Å². The summed E-state index contributed by atoms with van der Waals surface area (Å²) >= 11 is 1.42. The van der Waals surface area contributed by atoms with E-state index in [1.165, 1.54) is 11.8 Å². The van der Waals surface area contributed by atoms with Crippen molar-refractivity contribution in [2.45, 2.75) is 18.4 Å². The fourth-order valence-corrected chi connectivity index (χ4v) is 4.55. The average Bonchev–Trinajstić information content (AvgIpc) is 3.41. The van der Waals surface area contributed by atoms with Crippen molar-refractivity contribution in [2.75, 3.05) is 17.9 Å². The van der Waals surface area contributed by atoms with Gasteiger partial charge < -0.3 is 14.8 Å². The predicted octanol–water partition coefficient (Wildman–Crippen LogP) is 4.38. The number of rotatable bonds is 5. The minimum Gasteiger partial charge on any atom is -0.454 e. The third-order valence-electron chi connectivity index (χ3n) is 5.12. The number of thioether (sulfide) groups is 1. The van der Waals surface area contributed by atoms with Crippen LogP contribution in [0.4, 0.5) is 5.69 Å². The lowest BCUT2D eigenvalue weighted by Gasteiger charge is -2.11. The van der Waals surface area contributed by atoms with Crippen LogP contribution in [0.25, 0.3) is 16.7 Å². The van der Waals surface area contributed by atoms with Crippen LogP contribution >= 0.6 is 11.8 Å². The van der Waals surface area contributed by atoms with Crippen molar-refractivity contribution >= 4 is 40.0 Å². The van der Waals surface area contributed by atoms with Gasteiger partial charge in [0.15, 0.2) is 17.1 Å². The number of fused-ring (bicyclic) bond motifs is 4. The summed E-state index contributed by atoms with van der Waals surface area (Å²) in [5.41, 5.74) is 4.51. The lowest BCUT2D eigenvalue weighted by Crippen LogP contribution is -2.14. The molecule has 1 amide bonds. The molecule has 0 spiro atoms. The molecule has 4 aromatic rings. The van der Waals surface area contributed by atoms with E-state index in [0.717, 1.165) is 21.6 Å². The Morgan fingerprint density at radius 2 is 2.06 bits per heavy atom.